The van der Waals surface area contributed by atoms with E-state index < -0.39 is 29.3 Å². The second kappa shape index (κ2) is 10.7. The number of unbranched alkanes of at least 4 members (excludes halogenated alkanes) is 1. The van der Waals surface area contributed by atoms with Gasteiger partial charge in [-0.3, -0.25) is 9.48 Å². The Morgan fingerprint density at radius 2 is 1.65 bits per heavy atom. The number of rotatable bonds is 9. The third-order valence-electron chi connectivity index (χ3n) is 5.28. The van der Waals surface area contributed by atoms with Gasteiger partial charge in [-0.15, -0.1) is 0 Å². The Morgan fingerprint density at radius 1 is 1.03 bits per heavy atom. The van der Waals surface area contributed by atoms with Gasteiger partial charge in [0.25, 0.3) is 5.91 Å². The molecule has 1 aromatic heterocycles. The average Bonchev–Trinajstić information content (AvgIpc) is 3.11. The van der Waals surface area contributed by atoms with Crippen molar-refractivity contribution in [2.75, 3.05) is 6.54 Å². The summed E-state index contributed by atoms with van der Waals surface area (Å²) < 4.78 is 41.8. The standard InChI is InChI=1S/C24H23ClF3N3O3/c1-31-21(24(26,27)28)20(19(30-31)14-16-7-11-18(25)12-8-16)22(32)29-13-3-2-4-15-5-9-17(10-6-15)23(33)34/h5-12H,2-4,13-14H2,1H3,(H,29,32)(H,33,34). The molecule has 3 aromatic rings. The Morgan fingerprint density at radius 3 is 2.24 bits per heavy atom. The summed E-state index contributed by atoms with van der Waals surface area (Å²) in [5, 5.41) is 16.0. The number of alkyl halides is 3. The lowest BCUT2D eigenvalue weighted by molar-refractivity contribution is -0.144. The molecule has 1 amide bonds. The first-order valence-corrected chi connectivity index (χ1v) is 10.9. The summed E-state index contributed by atoms with van der Waals surface area (Å²) in [5.41, 5.74) is 0.282. The van der Waals surface area contributed by atoms with Crippen molar-refractivity contribution in [1.82, 2.24) is 15.1 Å². The molecule has 0 fully saturated rings. The number of aryl methyl sites for hydroxylation is 2. The number of amides is 1. The molecule has 0 aliphatic rings. The normalized spacial score (nSPS) is 11.4. The third kappa shape index (κ3) is 6.38. The second-order valence-corrected chi connectivity index (χ2v) is 8.25. The van der Waals surface area contributed by atoms with Crippen LogP contribution in [0.5, 0.6) is 0 Å². The van der Waals surface area contributed by atoms with Gasteiger partial charge in [-0.25, -0.2) is 4.79 Å². The Bertz CT molecular complexity index is 1160. The summed E-state index contributed by atoms with van der Waals surface area (Å²) in [6.45, 7) is 0.193. The Labute approximate surface area is 199 Å². The number of aromatic carboxylic acids is 1. The molecule has 0 aliphatic carbocycles. The summed E-state index contributed by atoms with van der Waals surface area (Å²) in [6.07, 6.45) is -2.83. The summed E-state index contributed by atoms with van der Waals surface area (Å²) in [7, 11) is 1.17. The van der Waals surface area contributed by atoms with Crippen LogP contribution in [0.25, 0.3) is 0 Å². The molecule has 1 heterocycles. The number of nitrogens with zero attached hydrogens (tertiary/aromatic N) is 2. The fourth-order valence-electron chi connectivity index (χ4n) is 3.62. The summed E-state index contributed by atoms with van der Waals surface area (Å²) >= 11 is 5.87. The maximum absolute atomic E-state index is 13.7. The van der Waals surface area contributed by atoms with Crippen LogP contribution in [0.2, 0.25) is 5.02 Å². The zero-order valence-electron chi connectivity index (χ0n) is 18.3. The maximum atomic E-state index is 13.7. The number of carbonyl (C=O) groups is 2. The van der Waals surface area contributed by atoms with Crippen LogP contribution in [0.4, 0.5) is 13.2 Å². The molecule has 2 N–H and O–H groups in total. The molecule has 6 nitrogen and oxygen atoms in total. The topological polar surface area (TPSA) is 84.2 Å². The highest BCUT2D eigenvalue weighted by Crippen LogP contribution is 2.34. The number of benzene rings is 2. The number of nitrogens with one attached hydrogen (secondary N) is 1. The monoisotopic (exact) mass is 493 g/mol. The molecule has 0 unspecified atom stereocenters. The number of carboxylic acid groups (broad SMARTS) is 1. The van der Waals surface area contributed by atoms with Gasteiger partial charge in [0.1, 0.15) is 0 Å². The highest BCUT2D eigenvalue weighted by atomic mass is 35.5. The Hall–Kier alpha value is -3.33. The number of carbonyl (C=O) groups excluding carboxylic acids is 1. The highest BCUT2D eigenvalue weighted by molar-refractivity contribution is 6.30. The molecule has 0 aliphatic heterocycles. The Balaban J connectivity index is 1.65. The van der Waals surface area contributed by atoms with E-state index in [1.165, 1.54) is 19.2 Å². The van der Waals surface area contributed by atoms with Crippen molar-refractivity contribution in [3.05, 3.63) is 87.2 Å². The average molecular weight is 494 g/mol. The van der Waals surface area contributed by atoms with Gasteiger partial charge in [0.15, 0.2) is 5.69 Å². The quantitative estimate of drug-likeness (QED) is 0.404. The van der Waals surface area contributed by atoms with Crippen molar-refractivity contribution in [2.24, 2.45) is 7.05 Å². The van der Waals surface area contributed by atoms with Gasteiger partial charge in [-0.2, -0.15) is 18.3 Å². The molecule has 0 radical (unpaired) electrons. The fraction of sp³-hybridized carbons (Fsp3) is 0.292. The van der Waals surface area contributed by atoms with E-state index in [1.807, 2.05) is 0 Å². The molecule has 3 rings (SSSR count). The minimum Gasteiger partial charge on any atom is -0.478 e. The van der Waals surface area contributed by atoms with Crippen molar-refractivity contribution < 1.29 is 27.9 Å². The van der Waals surface area contributed by atoms with E-state index in [0.29, 0.717) is 34.5 Å². The first kappa shape index (κ1) is 25.3. The second-order valence-electron chi connectivity index (χ2n) is 7.81. The van der Waals surface area contributed by atoms with Crippen molar-refractivity contribution in [3.8, 4) is 0 Å². The molecule has 0 saturated carbocycles. The zero-order valence-corrected chi connectivity index (χ0v) is 19.1. The fourth-order valence-corrected chi connectivity index (χ4v) is 3.75. The zero-order chi connectivity index (χ0) is 24.9. The van der Waals surface area contributed by atoms with Gasteiger partial charge in [0, 0.05) is 25.0 Å². The number of aromatic nitrogens is 2. The van der Waals surface area contributed by atoms with E-state index in [9.17, 15) is 22.8 Å². The van der Waals surface area contributed by atoms with E-state index >= 15 is 0 Å². The SMILES string of the molecule is Cn1nc(Cc2ccc(Cl)cc2)c(C(=O)NCCCCc2ccc(C(=O)O)cc2)c1C(F)(F)F. The van der Waals surface area contributed by atoms with Gasteiger partial charge < -0.3 is 10.4 Å². The van der Waals surface area contributed by atoms with Crippen LogP contribution >= 0.6 is 11.6 Å². The van der Waals surface area contributed by atoms with E-state index in [4.69, 9.17) is 16.7 Å². The molecule has 2 aromatic carbocycles. The molecule has 0 atom stereocenters. The van der Waals surface area contributed by atoms with Crippen LogP contribution in [-0.2, 0) is 26.1 Å². The number of halogens is 4. The third-order valence-corrected chi connectivity index (χ3v) is 5.53. The lowest BCUT2D eigenvalue weighted by atomic mass is 10.0. The van der Waals surface area contributed by atoms with Gasteiger partial charge in [-0.1, -0.05) is 35.9 Å². The van der Waals surface area contributed by atoms with Crippen molar-refractivity contribution in [2.45, 2.75) is 31.9 Å². The van der Waals surface area contributed by atoms with Crippen LogP contribution in [0.15, 0.2) is 48.5 Å². The van der Waals surface area contributed by atoms with Crippen LogP contribution in [0.3, 0.4) is 0 Å². The first-order valence-electron chi connectivity index (χ1n) is 10.5. The van der Waals surface area contributed by atoms with Crippen molar-refractivity contribution in [3.63, 3.8) is 0 Å². The van der Waals surface area contributed by atoms with Crippen LogP contribution in [0.1, 0.15) is 56.1 Å². The summed E-state index contributed by atoms with van der Waals surface area (Å²) in [5.74, 6) is -1.83. The first-order chi connectivity index (χ1) is 16.1. The highest BCUT2D eigenvalue weighted by Gasteiger charge is 2.41. The minimum absolute atomic E-state index is 0.0353. The molecule has 0 spiro atoms. The molecule has 0 bridgehead atoms. The molecular weight excluding hydrogens is 471 g/mol. The van der Waals surface area contributed by atoms with Gasteiger partial charge in [-0.05, 0) is 54.7 Å². The van der Waals surface area contributed by atoms with E-state index in [-0.39, 0.29) is 24.2 Å². The van der Waals surface area contributed by atoms with E-state index in [2.05, 4.69) is 10.4 Å². The van der Waals surface area contributed by atoms with Crippen LogP contribution in [0, 0.1) is 0 Å². The molecule has 34 heavy (non-hydrogen) atoms. The number of carboxylic acids is 1. The lowest BCUT2D eigenvalue weighted by Crippen LogP contribution is -2.28. The number of hydrogen-bond donors (Lipinski definition) is 2. The maximum Gasteiger partial charge on any atom is 0.433 e. The van der Waals surface area contributed by atoms with Gasteiger partial charge >= 0.3 is 12.1 Å². The van der Waals surface area contributed by atoms with E-state index in [0.717, 1.165) is 5.56 Å². The predicted molar refractivity (Wildman–Crippen MR) is 121 cm³/mol. The van der Waals surface area contributed by atoms with Crippen LogP contribution < -0.4 is 5.32 Å². The molecular formula is C24H23ClF3N3O3. The predicted octanol–water partition coefficient (Wildman–Crippen LogP) is 5.13. The van der Waals surface area contributed by atoms with Gasteiger partial charge in [0.2, 0.25) is 0 Å². The smallest absolute Gasteiger partial charge is 0.433 e. The lowest BCUT2D eigenvalue weighted by Gasteiger charge is -2.11. The van der Waals surface area contributed by atoms with Crippen LogP contribution in [-0.4, -0.2) is 33.3 Å². The summed E-state index contributed by atoms with van der Waals surface area (Å²) in [4.78, 5) is 23.7. The van der Waals surface area contributed by atoms with Gasteiger partial charge in [0.05, 0.1) is 16.8 Å². The molecule has 0 saturated heterocycles. The Kier molecular flexibility index (Phi) is 7.98. The molecule has 180 valence electrons. The summed E-state index contributed by atoms with van der Waals surface area (Å²) in [6, 6.07) is 13.1. The van der Waals surface area contributed by atoms with Crippen molar-refractivity contribution in [1.29, 1.82) is 0 Å². The van der Waals surface area contributed by atoms with E-state index in [1.54, 1.807) is 36.4 Å². The largest absolute Gasteiger partial charge is 0.478 e. The number of hydrogen-bond acceptors (Lipinski definition) is 3. The molecule has 10 heteroatoms. The minimum atomic E-state index is -4.74. The van der Waals surface area contributed by atoms with Crippen molar-refractivity contribution >= 4 is 23.5 Å².